The minimum atomic E-state index is 0.341. The highest BCUT2D eigenvalue weighted by Crippen LogP contribution is 2.35. The molecule has 52 valence electrons. The number of thioether (sulfide) groups is 1. The van der Waals surface area contributed by atoms with Crippen LogP contribution in [0.2, 0.25) is 0 Å². The summed E-state index contributed by atoms with van der Waals surface area (Å²) in [5.74, 6) is 1.05. The van der Waals surface area contributed by atoms with Gasteiger partial charge in [-0.2, -0.15) is 0 Å². The van der Waals surface area contributed by atoms with E-state index in [2.05, 4.69) is 32.3 Å². The standard InChI is InChI=1S/C7H13NS/c1-7(2,3)6-4-8-5-9-6/h4,8H,5H2,1-3H3. The molecular formula is C7H13NS. The smallest absolute Gasteiger partial charge is 0.0649 e. The van der Waals surface area contributed by atoms with Crippen LogP contribution in [0, 0.1) is 5.41 Å². The number of hydrogen-bond donors (Lipinski definition) is 1. The molecule has 0 atom stereocenters. The molecule has 0 fully saturated rings. The van der Waals surface area contributed by atoms with Gasteiger partial charge in [0.15, 0.2) is 0 Å². The Kier molecular flexibility index (Phi) is 1.75. The summed E-state index contributed by atoms with van der Waals surface area (Å²) in [6.07, 6.45) is 2.12. The van der Waals surface area contributed by atoms with Crippen molar-refractivity contribution >= 4 is 11.8 Å². The Morgan fingerprint density at radius 1 is 1.56 bits per heavy atom. The van der Waals surface area contributed by atoms with Crippen LogP contribution in [0.5, 0.6) is 0 Å². The van der Waals surface area contributed by atoms with Crippen LogP contribution in [0.1, 0.15) is 20.8 Å². The zero-order chi connectivity index (χ0) is 6.91. The third kappa shape index (κ3) is 1.65. The van der Waals surface area contributed by atoms with Crippen molar-refractivity contribution in [2.75, 3.05) is 5.88 Å². The Labute approximate surface area is 60.9 Å². The SMILES string of the molecule is CC(C)(C)C1=CNCS1. The van der Waals surface area contributed by atoms with E-state index in [1.54, 1.807) is 0 Å². The Bertz CT molecular complexity index is 132. The lowest BCUT2D eigenvalue weighted by molar-refractivity contribution is 0.532. The maximum Gasteiger partial charge on any atom is 0.0649 e. The Morgan fingerprint density at radius 3 is 2.44 bits per heavy atom. The fraction of sp³-hybridized carbons (Fsp3) is 0.714. The summed E-state index contributed by atoms with van der Waals surface area (Å²) in [5.41, 5.74) is 0.341. The minimum Gasteiger partial charge on any atom is -0.381 e. The van der Waals surface area contributed by atoms with E-state index in [-0.39, 0.29) is 0 Å². The second-order valence-electron chi connectivity index (χ2n) is 3.25. The van der Waals surface area contributed by atoms with Crippen molar-refractivity contribution in [1.82, 2.24) is 5.32 Å². The minimum absolute atomic E-state index is 0.341. The topological polar surface area (TPSA) is 12.0 Å². The molecule has 0 saturated carbocycles. The van der Waals surface area contributed by atoms with Crippen LogP contribution < -0.4 is 5.32 Å². The molecule has 1 N–H and O–H groups in total. The molecular weight excluding hydrogens is 130 g/mol. The second kappa shape index (κ2) is 2.25. The molecule has 0 aliphatic carbocycles. The molecule has 0 saturated heterocycles. The van der Waals surface area contributed by atoms with Gasteiger partial charge in [-0.3, -0.25) is 0 Å². The zero-order valence-electron chi connectivity index (χ0n) is 6.19. The highest BCUT2D eigenvalue weighted by Gasteiger charge is 2.19. The largest absolute Gasteiger partial charge is 0.381 e. The Hall–Kier alpha value is -0.110. The van der Waals surface area contributed by atoms with Crippen LogP contribution in [0.4, 0.5) is 0 Å². The summed E-state index contributed by atoms with van der Waals surface area (Å²) in [6, 6.07) is 0. The van der Waals surface area contributed by atoms with Gasteiger partial charge >= 0.3 is 0 Å². The van der Waals surface area contributed by atoms with Crippen LogP contribution in [0.3, 0.4) is 0 Å². The van der Waals surface area contributed by atoms with Gasteiger partial charge in [0.05, 0.1) is 5.88 Å². The van der Waals surface area contributed by atoms with Crippen molar-refractivity contribution in [2.24, 2.45) is 5.41 Å². The van der Waals surface area contributed by atoms with Crippen LogP contribution in [0.25, 0.3) is 0 Å². The average molecular weight is 143 g/mol. The molecule has 0 aromatic rings. The summed E-state index contributed by atoms with van der Waals surface area (Å²) >= 11 is 1.90. The highest BCUT2D eigenvalue weighted by molar-refractivity contribution is 8.03. The van der Waals surface area contributed by atoms with Crippen LogP contribution >= 0.6 is 11.8 Å². The lowest BCUT2D eigenvalue weighted by Gasteiger charge is -2.17. The summed E-state index contributed by atoms with van der Waals surface area (Å²) in [5, 5.41) is 3.18. The Balaban J connectivity index is 2.61. The van der Waals surface area contributed by atoms with E-state index >= 15 is 0 Å². The predicted molar refractivity (Wildman–Crippen MR) is 43.1 cm³/mol. The molecule has 0 amide bonds. The van der Waals surface area contributed by atoms with Crippen molar-refractivity contribution in [3.05, 3.63) is 11.1 Å². The second-order valence-corrected chi connectivity index (χ2v) is 4.27. The number of hydrogen-bond acceptors (Lipinski definition) is 2. The van der Waals surface area contributed by atoms with Gasteiger partial charge in [0.25, 0.3) is 0 Å². The monoisotopic (exact) mass is 143 g/mol. The van der Waals surface area contributed by atoms with Crippen molar-refractivity contribution in [1.29, 1.82) is 0 Å². The predicted octanol–water partition coefficient (Wildman–Crippen LogP) is 2.17. The van der Waals surface area contributed by atoms with Gasteiger partial charge in [-0.25, -0.2) is 0 Å². The van der Waals surface area contributed by atoms with E-state index in [0.29, 0.717) is 5.41 Å². The van der Waals surface area contributed by atoms with E-state index in [4.69, 9.17) is 0 Å². The van der Waals surface area contributed by atoms with Crippen molar-refractivity contribution in [3.63, 3.8) is 0 Å². The maximum atomic E-state index is 3.18. The molecule has 9 heavy (non-hydrogen) atoms. The van der Waals surface area contributed by atoms with E-state index in [0.717, 1.165) is 5.88 Å². The normalized spacial score (nSPS) is 19.2. The maximum absolute atomic E-state index is 3.18. The molecule has 0 bridgehead atoms. The quantitative estimate of drug-likeness (QED) is 0.557. The van der Waals surface area contributed by atoms with Gasteiger partial charge < -0.3 is 5.32 Å². The first kappa shape index (κ1) is 7.00. The Morgan fingerprint density at radius 2 is 2.22 bits per heavy atom. The first-order chi connectivity index (χ1) is 4.11. The van der Waals surface area contributed by atoms with E-state index in [1.165, 1.54) is 4.91 Å². The van der Waals surface area contributed by atoms with Crippen molar-refractivity contribution < 1.29 is 0 Å². The lowest BCUT2D eigenvalue weighted by atomic mass is 9.97. The van der Waals surface area contributed by atoms with Crippen LogP contribution in [-0.2, 0) is 0 Å². The summed E-state index contributed by atoms with van der Waals surface area (Å²) in [7, 11) is 0. The first-order valence-electron chi connectivity index (χ1n) is 3.17. The number of allylic oxidation sites excluding steroid dienone is 1. The lowest BCUT2D eigenvalue weighted by Crippen LogP contribution is -2.04. The van der Waals surface area contributed by atoms with Gasteiger partial charge in [-0.05, 0) is 5.41 Å². The molecule has 0 spiro atoms. The van der Waals surface area contributed by atoms with E-state index in [1.807, 2.05) is 11.8 Å². The molecule has 1 nitrogen and oxygen atoms in total. The van der Waals surface area contributed by atoms with Gasteiger partial charge in [0, 0.05) is 11.1 Å². The molecule has 0 unspecified atom stereocenters. The zero-order valence-corrected chi connectivity index (χ0v) is 7.01. The molecule has 0 aromatic heterocycles. The van der Waals surface area contributed by atoms with Crippen molar-refractivity contribution in [2.45, 2.75) is 20.8 Å². The van der Waals surface area contributed by atoms with Crippen LogP contribution in [0.15, 0.2) is 11.1 Å². The summed E-state index contributed by atoms with van der Waals surface area (Å²) < 4.78 is 0. The van der Waals surface area contributed by atoms with E-state index < -0.39 is 0 Å². The molecule has 0 aromatic carbocycles. The van der Waals surface area contributed by atoms with Gasteiger partial charge in [0.1, 0.15) is 0 Å². The third-order valence-corrected chi connectivity index (χ3v) is 2.64. The average Bonchev–Trinajstić information content (AvgIpc) is 2.08. The fourth-order valence-corrected chi connectivity index (χ4v) is 1.65. The fourth-order valence-electron chi connectivity index (χ4n) is 0.728. The van der Waals surface area contributed by atoms with Crippen molar-refractivity contribution in [3.8, 4) is 0 Å². The van der Waals surface area contributed by atoms with E-state index in [9.17, 15) is 0 Å². The first-order valence-corrected chi connectivity index (χ1v) is 4.16. The summed E-state index contributed by atoms with van der Waals surface area (Å²) in [4.78, 5) is 1.46. The van der Waals surface area contributed by atoms with Gasteiger partial charge in [-0.1, -0.05) is 20.8 Å². The molecule has 0 radical (unpaired) electrons. The third-order valence-electron chi connectivity index (χ3n) is 1.28. The molecule has 1 rings (SSSR count). The number of rotatable bonds is 0. The van der Waals surface area contributed by atoms with Gasteiger partial charge in [0.2, 0.25) is 0 Å². The highest BCUT2D eigenvalue weighted by atomic mass is 32.2. The summed E-state index contributed by atoms with van der Waals surface area (Å²) in [6.45, 7) is 6.70. The molecule has 2 heteroatoms. The van der Waals surface area contributed by atoms with Crippen LogP contribution in [-0.4, -0.2) is 5.88 Å². The van der Waals surface area contributed by atoms with Gasteiger partial charge in [-0.15, -0.1) is 11.8 Å². The molecule has 1 heterocycles. The molecule has 1 aliphatic rings. The molecule has 1 aliphatic heterocycles. The number of nitrogens with one attached hydrogen (secondary N) is 1.